The highest BCUT2D eigenvalue weighted by atomic mass is 16.5. The van der Waals surface area contributed by atoms with Gasteiger partial charge < -0.3 is 4.74 Å². The number of ether oxygens (including phenoxy) is 1. The van der Waals surface area contributed by atoms with Gasteiger partial charge in [0.2, 0.25) is 0 Å². The molecule has 0 saturated heterocycles. The molecule has 1 aromatic rings. The summed E-state index contributed by atoms with van der Waals surface area (Å²) in [5, 5.41) is 8.45. The second-order valence-electron chi connectivity index (χ2n) is 6.29. The predicted octanol–water partition coefficient (Wildman–Crippen LogP) is 5.35. The van der Waals surface area contributed by atoms with E-state index >= 15 is 0 Å². The van der Waals surface area contributed by atoms with E-state index in [1.165, 1.54) is 36.5 Å². The van der Waals surface area contributed by atoms with Gasteiger partial charge in [-0.25, -0.2) is 0 Å². The van der Waals surface area contributed by atoms with Crippen molar-refractivity contribution in [2.75, 3.05) is 0 Å². The zero-order valence-electron chi connectivity index (χ0n) is 14.1. The highest BCUT2D eigenvalue weighted by Crippen LogP contribution is 2.27. The normalized spacial score (nSPS) is 21.7. The third-order valence-corrected chi connectivity index (χ3v) is 4.43. The summed E-state index contributed by atoms with van der Waals surface area (Å²) >= 11 is 0. The molecule has 1 saturated carbocycles. The van der Waals surface area contributed by atoms with Gasteiger partial charge >= 0.3 is 0 Å². The van der Waals surface area contributed by atoms with Crippen LogP contribution >= 0.6 is 0 Å². The van der Waals surface area contributed by atoms with Crippen LogP contribution in [0.3, 0.4) is 0 Å². The summed E-state index contributed by atoms with van der Waals surface area (Å²) in [6, 6.07) is 10.8. The van der Waals surface area contributed by atoms with E-state index in [0.717, 1.165) is 25.9 Å². The van der Waals surface area contributed by atoms with Crippen molar-refractivity contribution in [3.8, 4) is 6.07 Å². The Bertz CT molecular complexity index is 542. The predicted molar refractivity (Wildman–Crippen MR) is 94.9 cm³/mol. The Morgan fingerprint density at radius 3 is 2.43 bits per heavy atom. The first-order valence-electron chi connectivity index (χ1n) is 8.74. The lowest BCUT2D eigenvalue weighted by atomic mass is 9.87. The molecule has 0 atom stereocenters. The van der Waals surface area contributed by atoms with E-state index in [1.807, 2.05) is 18.2 Å². The molecule has 0 radical (unpaired) electrons. The van der Waals surface area contributed by atoms with Gasteiger partial charge in [-0.05, 0) is 49.1 Å². The Morgan fingerprint density at radius 2 is 1.78 bits per heavy atom. The molecule has 0 heterocycles. The number of benzene rings is 1. The third-order valence-electron chi connectivity index (χ3n) is 4.43. The Labute approximate surface area is 140 Å². The van der Waals surface area contributed by atoms with E-state index in [1.54, 1.807) is 0 Å². The molecule has 0 unspecified atom stereocenters. The first-order valence-corrected chi connectivity index (χ1v) is 8.74. The summed E-state index contributed by atoms with van der Waals surface area (Å²) in [6.45, 7) is 2.94. The molecule has 0 amide bonds. The van der Waals surface area contributed by atoms with Crippen LogP contribution in [0.15, 0.2) is 48.6 Å². The number of hydrogen-bond donors (Lipinski definition) is 0. The molecule has 2 rings (SSSR count). The van der Waals surface area contributed by atoms with Gasteiger partial charge in [-0.15, -0.1) is 0 Å². The van der Waals surface area contributed by atoms with Crippen molar-refractivity contribution in [2.45, 2.75) is 58.2 Å². The van der Waals surface area contributed by atoms with Gasteiger partial charge in [-0.1, -0.05) is 55.8 Å². The van der Waals surface area contributed by atoms with Gasteiger partial charge in [0.25, 0.3) is 0 Å². The van der Waals surface area contributed by atoms with Gasteiger partial charge in [0.05, 0.1) is 18.8 Å². The maximum Gasteiger partial charge on any atom is 0.0912 e. The molecular weight excluding hydrogens is 282 g/mol. The van der Waals surface area contributed by atoms with E-state index in [-0.39, 0.29) is 0 Å². The maximum atomic E-state index is 8.45. The molecule has 1 aliphatic rings. The summed E-state index contributed by atoms with van der Waals surface area (Å²) in [7, 11) is 0. The molecular formula is C21H27NO. The molecule has 122 valence electrons. The number of hydrogen-bond acceptors (Lipinski definition) is 2. The Kier molecular flexibility index (Phi) is 7.63. The van der Waals surface area contributed by atoms with Crippen LogP contribution < -0.4 is 0 Å². The average Bonchev–Trinajstić information content (AvgIpc) is 2.59. The largest absolute Gasteiger partial charge is 0.374 e. The molecule has 0 N–H and O–H groups in total. The van der Waals surface area contributed by atoms with Gasteiger partial charge in [-0.3, -0.25) is 0 Å². The molecule has 0 spiro atoms. The number of rotatable bonds is 7. The lowest BCUT2D eigenvalue weighted by Gasteiger charge is -2.26. The molecule has 0 aliphatic heterocycles. The molecule has 1 aromatic carbocycles. The fourth-order valence-electron chi connectivity index (χ4n) is 3.07. The smallest absolute Gasteiger partial charge is 0.0912 e. The van der Waals surface area contributed by atoms with E-state index in [4.69, 9.17) is 10.00 Å². The number of allylic oxidation sites excluding steroid dienone is 4. The molecule has 2 heteroatoms. The lowest BCUT2D eigenvalue weighted by Crippen LogP contribution is -2.20. The maximum absolute atomic E-state index is 8.45. The molecule has 23 heavy (non-hydrogen) atoms. The minimum atomic E-state index is 0.393. The van der Waals surface area contributed by atoms with Crippen molar-refractivity contribution >= 4 is 0 Å². The lowest BCUT2D eigenvalue weighted by molar-refractivity contribution is 0.0110. The SMILES string of the molecule is CCCc1ccc(CO[C@H]2CC[C@H](/C=C/C=C/C#N)CC2)cc1. The van der Waals surface area contributed by atoms with Crippen LogP contribution in [0, 0.1) is 17.2 Å². The molecule has 2 nitrogen and oxygen atoms in total. The highest BCUT2D eigenvalue weighted by molar-refractivity contribution is 5.22. The highest BCUT2D eigenvalue weighted by Gasteiger charge is 2.19. The zero-order valence-corrected chi connectivity index (χ0v) is 14.1. The van der Waals surface area contributed by atoms with Gasteiger partial charge in [0.15, 0.2) is 0 Å². The van der Waals surface area contributed by atoms with E-state index < -0.39 is 0 Å². The quantitative estimate of drug-likeness (QED) is 0.502. The van der Waals surface area contributed by atoms with Gasteiger partial charge in [0.1, 0.15) is 0 Å². The van der Waals surface area contributed by atoms with Crippen LogP contribution in [0.4, 0.5) is 0 Å². The summed E-state index contributed by atoms with van der Waals surface area (Å²) < 4.78 is 6.08. The fraction of sp³-hybridized carbons (Fsp3) is 0.476. The standard InChI is InChI=1S/C21H27NO/c1-2-6-18-8-10-20(11-9-18)17-23-21-14-12-19(13-15-21)7-4-3-5-16-22/h3-5,7-11,19,21H,2,6,12-15,17H2,1H3/b5-3+,7-4+/t19-,21-. The van der Waals surface area contributed by atoms with Crippen molar-refractivity contribution < 1.29 is 4.74 Å². The monoisotopic (exact) mass is 309 g/mol. The summed E-state index contributed by atoms with van der Waals surface area (Å²) in [4.78, 5) is 0. The fourth-order valence-corrected chi connectivity index (χ4v) is 3.07. The Balaban J connectivity index is 1.69. The second-order valence-corrected chi connectivity index (χ2v) is 6.29. The van der Waals surface area contributed by atoms with Crippen LogP contribution in [0.25, 0.3) is 0 Å². The first kappa shape index (κ1) is 17.5. The van der Waals surface area contributed by atoms with E-state index in [0.29, 0.717) is 12.0 Å². The zero-order chi connectivity index (χ0) is 16.3. The van der Waals surface area contributed by atoms with Crippen molar-refractivity contribution in [3.63, 3.8) is 0 Å². The van der Waals surface area contributed by atoms with Crippen molar-refractivity contribution in [3.05, 3.63) is 59.7 Å². The summed E-state index contributed by atoms with van der Waals surface area (Å²) in [5.74, 6) is 0.631. The van der Waals surface area contributed by atoms with Crippen molar-refractivity contribution in [2.24, 2.45) is 5.92 Å². The van der Waals surface area contributed by atoms with Crippen LogP contribution in [0.2, 0.25) is 0 Å². The van der Waals surface area contributed by atoms with Crippen LogP contribution in [-0.2, 0) is 17.8 Å². The molecule has 1 fully saturated rings. The molecule has 1 aliphatic carbocycles. The average molecular weight is 309 g/mol. The van der Waals surface area contributed by atoms with Crippen LogP contribution in [0.5, 0.6) is 0 Å². The number of aryl methyl sites for hydroxylation is 1. The van der Waals surface area contributed by atoms with E-state index in [9.17, 15) is 0 Å². The Hall–Kier alpha value is -1.85. The van der Waals surface area contributed by atoms with Crippen LogP contribution in [-0.4, -0.2) is 6.10 Å². The van der Waals surface area contributed by atoms with Crippen LogP contribution in [0.1, 0.15) is 50.2 Å². The summed E-state index contributed by atoms with van der Waals surface area (Å²) in [6.07, 6.45) is 14.9. The topological polar surface area (TPSA) is 33.0 Å². The van der Waals surface area contributed by atoms with Crippen molar-refractivity contribution in [1.29, 1.82) is 5.26 Å². The first-order chi connectivity index (χ1) is 11.3. The number of nitrogens with zero attached hydrogens (tertiary/aromatic N) is 1. The minimum absolute atomic E-state index is 0.393. The molecule has 0 bridgehead atoms. The van der Waals surface area contributed by atoms with E-state index in [2.05, 4.69) is 37.3 Å². The Morgan fingerprint density at radius 1 is 1.09 bits per heavy atom. The van der Waals surface area contributed by atoms with Gasteiger partial charge in [-0.2, -0.15) is 5.26 Å². The number of nitriles is 1. The minimum Gasteiger partial charge on any atom is -0.374 e. The second kappa shape index (κ2) is 10.0. The third kappa shape index (κ3) is 6.42. The van der Waals surface area contributed by atoms with Crippen molar-refractivity contribution in [1.82, 2.24) is 0 Å². The van der Waals surface area contributed by atoms with Gasteiger partial charge in [0, 0.05) is 6.08 Å². The summed E-state index contributed by atoms with van der Waals surface area (Å²) in [5.41, 5.74) is 2.68. The molecule has 0 aromatic heterocycles.